The molecule has 0 aromatic heterocycles. The molecule has 8 heteroatoms. The van der Waals surface area contributed by atoms with Crippen molar-refractivity contribution in [2.45, 2.75) is 36.6 Å². The van der Waals surface area contributed by atoms with Gasteiger partial charge >= 0.3 is 5.76 Å². The van der Waals surface area contributed by atoms with E-state index in [2.05, 4.69) is 10.2 Å². The van der Waals surface area contributed by atoms with Gasteiger partial charge in [0.1, 0.15) is 0 Å². The third kappa shape index (κ3) is 4.74. The summed E-state index contributed by atoms with van der Waals surface area (Å²) >= 11 is 0. The molecule has 1 fully saturated rings. The Kier molecular flexibility index (Phi) is 6.41. The maximum atomic E-state index is 12.6. The molecule has 1 aliphatic heterocycles. The van der Waals surface area contributed by atoms with Crippen LogP contribution in [0, 0.1) is 0 Å². The van der Waals surface area contributed by atoms with E-state index in [-0.39, 0.29) is 5.56 Å². The molecular weight excluding hydrogens is 386 g/mol. The fraction of sp³-hybridized carbons (Fsp3) is 0.350. The van der Waals surface area contributed by atoms with Gasteiger partial charge in [-0.15, -0.1) is 0 Å². The predicted octanol–water partition coefficient (Wildman–Crippen LogP) is 3.21. The van der Waals surface area contributed by atoms with Gasteiger partial charge in [-0.3, -0.25) is 9.69 Å². The molecule has 28 heavy (non-hydrogen) atoms. The molecular formula is C20H22F2N2O3S. The van der Waals surface area contributed by atoms with Crippen molar-refractivity contribution in [3.8, 4) is 0 Å². The summed E-state index contributed by atoms with van der Waals surface area (Å²) in [6, 6.07) is 12.4. The lowest BCUT2D eigenvalue weighted by Crippen LogP contribution is -2.25. The van der Waals surface area contributed by atoms with Crippen LogP contribution in [0.4, 0.5) is 8.78 Å². The van der Waals surface area contributed by atoms with Gasteiger partial charge in [-0.2, -0.15) is 8.78 Å². The molecule has 150 valence electrons. The number of rotatable bonds is 7. The van der Waals surface area contributed by atoms with E-state index in [1.165, 1.54) is 25.0 Å². The summed E-state index contributed by atoms with van der Waals surface area (Å²) in [5, 5.41) is 2.81. The first-order valence-electron chi connectivity index (χ1n) is 9.07. The van der Waals surface area contributed by atoms with E-state index in [9.17, 15) is 22.0 Å². The Labute approximate surface area is 163 Å². The largest absolute Gasteiger partial charge is 0.348 e. The van der Waals surface area contributed by atoms with Crippen molar-refractivity contribution < 1.29 is 22.0 Å². The average molecular weight is 408 g/mol. The molecule has 1 N–H and O–H groups in total. The minimum atomic E-state index is -4.66. The van der Waals surface area contributed by atoms with Crippen molar-refractivity contribution in [2.24, 2.45) is 0 Å². The molecule has 0 aliphatic carbocycles. The number of likely N-dealkylation sites (tertiary alicyclic amines) is 1. The average Bonchev–Trinajstić information content (AvgIpc) is 3.20. The lowest BCUT2D eigenvalue weighted by molar-refractivity contribution is 0.0950. The summed E-state index contributed by atoms with van der Waals surface area (Å²) in [6.07, 6.45) is 2.41. The van der Waals surface area contributed by atoms with Crippen molar-refractivity contribution in [3.63, 3.8) is 0 Å². The zero-order valence-corrected chi connectivity index (χ0v) is 16.1. The number of carbonyl (C=O) groups is 1. The van der Waals surface area contributed by atoms with E-state index in [1.54, 1.807) is 0 Å². The van der Waals surface area contributed by atoms with Crippen LogP contribution in [-0.2, 0) is 22.9 Å². The number of nitrogens with one attached hydrogen (secondary N) is 1. The van der Waals surface area contributed by atoms with Gasteiger partial charge < -0.3 is 5.32 Å². The number of benzene rings is 2. The monoisotopic (exact) mass is 408 g/mol. The Bertz CT molecular complexity index is 925. The number of carbonyl (C=O) groups excluding carboxylic acids is 1. The topological polar surface area (TPSA) is 66.5 Å². The van der Waals surface area contributed by atoms with Crippen molar-refractivity contribution in [3.05, 3.63) is 65.2 Å². The number of nitrogens with zero attached hydrogens (tertiary/aromatic N) is 1. The lowest BCUT2D eigenvalue weighted by atomic mass is 10.1. The standard InChI is InChI=1S/C20H22F2N2O3S/c21-20(22)28(26,27)18-9-7-15(8-10-18)19(25)23-13-16-5-1-2-6-17(16)14-24-11-3-4-12-24/h1-2,5-10,20H,3-4,11-14H2,(H,23,25). The van der Waals surface area contributed by atoms with Gasteiger partial charge in [-0.05, 0) is 61.3 Å². The second-order valence-corrected chi connectivity index (χ2v) is 8.68. The second-order valence-electron chi connectivity index (χ2n) is 6.76. The Morgan fingerprint density at radius 1 is 1.00 bits per heavy atom. The Hall–Kier alpha value is -2.32. The maximum Gasteiger partial charge on any atom is 0.341 e. The van der Waals surface area contributed by atoms with Gasteiger partial charge in [-0.1, -0.05) is 24.3 Å². The smallest absolute Gasteiger partial charge is 0.341 e. The molecule has 5 nitrogen and oxygen atoms in total. The number of amides is 1. The maximum absolute atomic E-state index is 12.6. The van der Waals surface area contributed by atoms with Crippen LogP contribution in [0.3, 0.4) is 0 Å². The summed E-state index contributed by atoms with van der Waals surface area (Å²) < 4.78 is 48.1. The van der Waals surface area contributed by atoms with Gasteiger partial charge in [0, 0.05) is 18.7 Å². The fourth-order valence-corrected chi connectivity index (χ4v) is 3.96. The zero-order valence-electron chi connectivity index (χ0n) is 15.3. The van der Waals surface area contributed by atoms with Gasteiger partial charge in [0.05, 0.1) is 4.90 Å². The molecule has 0 radical (unpaired) electrons. The number of alkyl halides is 2. The first-order chi connectivity index (χ1) is 13.4. The Morgan fingerprint density at radius 2 is 1.61 bits per heavy atom. The quantitative estimate of drug-likeness (QED) is 0.764. The molecule has 3 rings (SSSR count). The van der Waals surface area contributed by atoms with Crippen LogP contribution >= 0.6 is 0 Å². The Morgan fingerprint density at radius 3 is 2.21 bits per heavy atom. The van der Waals surface area contributed by atoms with E-state index in [0.29, 0.717) is 6.54 Å². The molecule has 1 saturated heterocycles. The number of halogens is 2. The van der Waals surface area contributed by atoms with Crippen LogP contribution in [-0.4, -0.2) is 38.1 Å². The van der Waals surface area contributed by atoms with Crippen molar-refractivity contribution in [1.82, 2.24) is 10.2 Å². The first kappa shape index (κ1) is 20.4. The summed E-state index contributed by atoms with van der Waals surface area (Å²) in [5.74, 6) is -3.88. The van der Waals surface area contributed by atoms with E-state index < -0.39 is 26.4 Å². The second kappa shape index (κ2) is 8.79. The van der Waals surface area contributed by atoms with Crippen LogP contribution in [0.2, 0.25) is 0 Å². The van der Waals surface area contributed by atoms with Gasteiger partial charge in [-0.25, -0.2) is 8.42 Å². The van der Waals surface area contributed by atoms with E-state index >= 15 is 0 Å². The van der Waals surface area contributed by atoms with Crippen LogP contribution in [0.5, 0.6) is 0 Å². The third-order valence-corrected chi connectivity index (χ3v) is 6.23. The lowest BCUT2D eigenvalue weighted by Gasteiger charge is -2.17. The van der Waals surface area contributed by atoms with Gasteiger partial charge in [0.25, 0.3) is 5.91 Å². The van der Waals surface area contributed by atoms with Crippen molar-refractivity contribution >= 4 is 15.7 Å². The third-order valence-electron chi connectivity index (χ3n) is 4.83. The molecule has 1 heterocycles. The molecule has 0 saturated carbocycles. The van der Waals surface area contributed by atoms with Crippen LogP contribution in [0.25, 0.3) is 0 Å². The van der Waals surface area contributed by atoms with Crippen LogP contribution < -0.4 is 5.32 Å². The van der Waals surface area contributed by atoms with Crippen LogP contribution in [0.15, 0.2) is 53.4 Å². The van der Waals surface area contributed by atoms with E-state index in [0.717, 1.165) is 42.9 Å². The number of sulfone groups is 1. The highest BCUT2D eigenvalue weighted by atomic mass is 32.2. The highest BCUT2D eigenvalue weighted by Crippen LogP contribution is 2.19. The molecule has 2 aromatic carbocycles. The first-order valence-corrected chi connectivity index (χ1v) is 10.6. The summed E-state index contributed by atoms with van der Waals surface area (Å²) in [7, 11) is -4.66. The molecule has 0 spiro atoms. The minimum Gasteiger partial charge on any atom is -0.348 e. The molecule has 1 amide bonds. The Balaban J connectivity index is 1.64. The van der Waals surface area contributed by atoms with Gasteiger partial charge in [0.15, 0.2) is 0 Å². The van der Waals surface area contributed by atoms with E-state index in [4.69, 9.17) is 0 Å². The SMILES string of the molecule is O=C(NCc1ccccc1CN1CCCC1)c1ccc(S(=O)(=O)C(F)F)cc1. The molecule has 0 bridgehead atoms. The number of hydrogen-bond donors (Lipinski definition) is 1. The highest BCUT2D eigenvalue weighted by Gasteiger charge is 2.26. The van der Waals surface area contributed by atoms with Crippen LogP contribution in [0.1, 0.15) is 34.3 Å². The van der Waals surface area contributed by atoms with Gasteiger partial charge in [0.2, 0.25) is 9.84 Å². The summed E-state index contributed by atoms with van der Waals surface area (Å²) in [4.78, 5) is 14.2. The highest BCUT2D eigenvalue weighted by molar-refractivity contribution is 7.91. The summed E-state index contributed by atoms with van der Waals surface area (Å²) in [6.45, 7) is 3.33. The fourth-order valence-electron chi connectivity index (χ4n) is 3.24. The van der Waals surface area contributed by atoms with Crippen molar-refractivity contribution in [1.29, 1.82) is 0 Å². The van der Waals surface area contributed by atoms with Crippen molar-refractivity contribution in [2.75, 3.05) is 13.1 Å². The molecule has 1 aliphatic rings. The molecule has 0 unspecified atom stereocenters. The molecule has 2 aromatic rings. The van der Waals surface area contributed by atoms with E-state index in [1.807, 2.05) is 24.3 Å². The normalized spacial score (nSPS) is 15.1. The zero-order chi connectivity index (χ0) is 20.1. The minimum absolute atomic E-state index is 0.213. The summed E-state index contributed by atoms with van der Waals surface area (Å²) in [5.41, 5.74) is 2.38. The predicted molar refractivity (Wildman–Crippen MR) is 102 cm³/mol. The number of hydrogen-bond acceptors (Lipinski definition) is 4. The molecule has 0 atom stereocenters.